The summed E-state index contributed by atoms with van der Waals surface area (Å²) in [7, 11) is 0. The molecule has 2 N–H and O–H groups in total. The van der Waals surface area contributed by atoms with Crippen LogP contribution in [0.15, 0.2) is 41.4 Å². The van der Waals surface area contributed by atoms with E-state index in [1.165, 1.54) is 16.5 Å². The number of likely N-dealkylation sites (tertiary alicyclic amines) is 1. The summed E-state index contributed by atoms with van der Waals surface area (Å²) in [5.74, 6) is -0.211. The van der Waals surface area contributed by atoms with Crippen molar-refractivity contribution >= 4 is 50.2 Å². The molecule has 4 atom stereocenters. The number of carbonyl (C=O) groups excluding carboxylic acids is 3. The molecule has 2 fully saturated rings. The maximum Gasteiger partial charge on any atom is 0.251 e. The molecule has 0 bridgehead atoms. The average Bonchev–Trinajstić information content (AvgIpc) is 3.40. The lowest BCUT2D eigenvalue weighted by atomic mass is 9.97. The van der Waals surface area contributed by atoms with E-state index in [2.05, 4.69) is 46.3 Å². The van der Waals surface area contributed by atoms with Crippen molar-refractivity contribution < 1.29 is 19.5 Å². The van der Waals surface area contributed by atoms with Crippen molar-refractivity contribution in [2.45, 2.75) is 58.8 Å². The summed E-state index contributed by atoms with van der Waals surface area (Å²) in [6, 6.07) is 3.90. The molecule has 41 heavy (non-hydrogen) atoms. The smallest absolute Gasteiger partial charge is 0.251 e. The number of aryl methyl sites for hydroxylation is 2. The van der Waals surface area contributed by atoms with Gasteiger partial charge in [-0.15, -0.1) is 0 Å². The second-order valence-electron chi connectivity index (χ2n) is 10.9. The van der Waals surface area contributed by atoms with Crippen molar-refractivity contribution in [3.8, 4) is 11.3 Å². The van der Waals surface area contributed by atoms with Gasteiger partial charge in [-0.25, -0.2) is 15.0 Å². The van der Waals surface area contributed by atoms with Gasteiger partial charge >= 0.3 is 0 Å². The van der Waals surface area contributed by atoms with Crippen molar-refractivity contribution in [3.63, 3.8) is 0 Å². The molecule has 4 aromatic rings. The van der Waals surface area contributed by atoms with E-state index in [4.69, 9.17) is 0 Å². The Balaban J connectivity index is 1.31. The number of Topliss-reactive ketones (excluding diaryl/α,β-unsaturated/α-hetero) is 1. The van der Waals surface area contributed by atoms with E-state index in [1.54, 1.807) is 43.7 Å². The van der Waals surface area contributed by atoms with Gasteiger partial charge in [0.1, 0.15) is 34.5 Å². The number of rotatable bonds is 6. The van der Waals surface area contributed by atoms with Crippen LogP contribution in [0, 0.1) is 19.3 Å². The number of halogens is 1. The molecule has 0 radical (unpaired) electrons. The minimum absolute atomic E-state index is 0.202. The molecule has 2 amide bonds. The minimum Gasteiger partial charge on any atom is -0.390 e. The standard InChI is InChI=1S/C28H27BrN8O4/c1-13-5-6-21(29)33-26(13)34-27(41)24-25(40)28(4)8-20(28)37(24)22(39)12-36-19-11-32-18(16-9-30-15(3)31-10-16)7-17(19)23(35-36)14(2)38/h5-7,9-11,20,24-25,40H,8,12H2,1-4H3,(H,33,34,41)/t20-,24+,25-,28+/m1/s1. The van der Waals surface area contributed by atoms with E-state index in [-0.39, 0.29) is 24.1 Å². The third-order valence-corrected chi connectivity index (χ3v) is 8.48. The van der Waals surface area contributed by atoms with Gasteiger partial charge in [-0.1, -0.05) is 13.0 Å². The van der Waals surface area contributed by atoms with Crippen molar-refractivity contribution in [2.75, 3.05) is 5.32 Å². The zero-order chi connectivity index (χ0) is 29.2. The van der Waals surface area contributed by atoms with Crippen LogP contribution in [0.5, 0.6) is 0 Å². The molecule has 1 aliphatic heterocycles. The fourth-order valence-electron chi connectivity index (χ4n) is 5.56. The molecule has 13 heteroatoms. The average molecular weight is 619 g/mol. The van der Waals surface area contributed by atoms with Gasteiger partial charge in [-0.2, -0.15) is 5.10 Å². The molecule has 1 saturated carbocycles. The highest BCUT2D eigenvalue weighted by Gasteiger charge is 2.70. The predicted molar refractivity (Wildman–Crippen MR) is 152 cm³/mol. The molecule has 1 saturated heterocycles. The second kappa shape index (κ2) is 9.77. The first kappa shape index (κ1) is 27.1. The minimum atomic E-state index is -1.10. The van der Waals surface area contributed by atoms with E-state index < -0.39 is 29.4 Å². The van der Waals surface area contributed by atoms with E-state index in [0.29, 0.717) is 44.8 Å². The quantitative estimate of drug-likeness (QED) is 0.245. The van der Waals surface area contributed by atoms with Gasteiger partial charge in [-0.05, 0) is 53.9 Å². The monoisotopic (exact) mass is 618 g/mol. The molecule has 0 aromatic carbocycles. The van der Waals surface area contributed by atoms with Gasteiger partial charge < -0.3 is 15.3 Å². The largest absolute Gasteiger partial charge is 0.390 e. The lowest BCUT2D eigenvalue weighted by Gasteiger charge is -2.29. The van der Waals surface area contributed by atoms with Gasteiger partial charge in [-0.3, -0.25) is 24.0 Å². The topological polar surface area (TPSA) is 156 Å². The summed E-state index contributed by atoms with van der Waals surface area (Å²) in [4.78, 5) is 58.5. The summed E-state index contributed by atoms with van der Waals surface area (Å²) in [5.41, 5.74) is 2.10. The first-order valence-electron chi connectivity index (χ1n) is 13.1. The zero-order valence-electron chi connectivity index (χ0n) is 22.8. The van der Waals surface area contributed by atoms with Crippen molar-refractivity contribution in [3.05, 3.63) is 58.5 Å². The summed E-state index contributed by atoms with van der Waals surface area (Å²) in [6.45, 7) is 6.63. The Bertz CT molecular complexity index is 1740. The van der Waals surface area contributed by atoms with Crippen LogP contribution in [0.25, 0.3) is 22.2 Å². The Labute approximate surface area is 243 Å². The van der Waals surface area contributed by atoms with Crippen LogP contribution < -0.4 is 5.32 Å². The van der Waals surface area contributed by atoms with Crippen LogP contribution in [0.4, 0.5) is 5.82 Å². The Kier molecular flexibility index (Phi) is 6.46. The van der Waals surface area contributed by atoms with E-state index >= 15 is 0 Å². The van der Waals surface area contributed by atoms with Crippen molar-refractivity contribution in [1.82, 2.24) is 34.6 Å². The number of aliphatic hydroxyl groups excluding tert-OH is 1. The third-order valence-electron chi connectivity index (χ3n) is 8.04. The van der Waals surface area contributed by atoms with E-state index in [0.717, 1.165) is 5.56 Å². The van der Waals surface area contributed by atoms with Gasteiger partial charge in [0, 0.05) is 41.7 Å². The molecule has 5 heterocycles. The molecule has 6 rings (SSSR count). The Morgan fingerprint density at radius 3 is 2.59 bits per heavy atom. The molecular formula is C28H27BrN8O4. The highest BCUT2D eigenvalue weighted by atomic mass is 79.9. The van der Waals surface area contributed by atoms with Crippen LogP contribution in [-0.2, 0) is 16.1 Å². The van der Waals surface area contributed by atoms with Gasteiger partial charge in [0.05, 0.1) is 23.5 Å². The molecule has 1 aliphatic carbocycles. The number of piperidine rings is 1. The predicted octanol–water partition coefficient (Wildman–Crippen LogP) is 2.85. The lowest BCUT2D eigenvalue weighted by Crippen LogP contribution is -2.51. The summed E-state index contributed by atoms with van der Waals surface area (Å²) >= 11 is 3.31. The number of hydrogen-bond donors (Lipinski definition) is 2. The molecule has 4 aromatic heterocycles. The number of fused-ring (bicyclic) bond motifs is 2. The first-order valence-corrected chi connectivity index (χ1v) is 13.9. The number of pyridine rings is 2. The maximum atomic E-state index is 13.8. The molecule has 0 spiro atoms. The van der Waals surface area contributed by atoms with E-state index in [1.807, 2.05) is 13.8 Å². The molecule has 2 aliphatic rings. The van der Waals surface area contributed by atoms with Crippen LogP contribution in [0.3, 0.4) is 0 Å². The SMILES string of the molecule is CC(=O)c1nn(CC(=O)N2[C@H](C(=O)Nc3nc(Br)ccc3C)[C@@H](O)[C@@]3(C)C[C@@H]23)c2cnc(-c3cnc(C)nc3)cc12. The summed E-state index contributed by atoms with van der Waals surface area (Å²) in [5, 5.41) is 18.9. The Morgan fingerprint density at radius 1 is 1.15 bits per heavy atom. The fourth-order valence-corrected chi connectivity index (χ4v) is 5.87. The Morgan fingerprint density at radius 2 is 1.88 bits per heavy atom. The van der Waals surface area contributed by atoms with E-state index in [9.17, 15) is 19.5 Å². The summed E-state index contributed by atoms with van der Waals surface area (Å²) < 4.78 is 1.97. The zero-order valence-corrected chi connectivity index (χ0v) is 24.4. The first-order chi connectivity index (χ1) is 19.5. The Hall–Kier alpha value is -4.10. The second-order valence-corrected chi connectivity index (χ2v) is 11.7. The number of carbonyl (C=O) groups is 3. The van der Waals surface area contributed by atoms with Crippen LogP contribution >= 0.6 is 15.9 Å². The highest BCUT2D eigenvalue weighted by molar-refractivity contribution is 9.10. The van der Waals surface area contributed by atoms with Crippen molar-refractivity contribution in [1.29, 1.82) is 0 Å². The molecular weight excluding hydrogens is 592 g/mol. The van der Waals surface area contributed by atoms with Crippen LogP contribution in [0.1, 0.15) is 42.1 Å². The fraction of sp³-hybridized carbons (Fsp3) is 0.357. The van der Waals surface area contributed by atoms with Crippen LogP contribution in [-0.4, -0.2) is 75.5 Å². The maximum absolute atomic E-state index is 13.8. The molecule has 0 unspecified atom stereocenters. The number of hydrogen-bond acceptors (Lipinski definition) is 9. The number of aliphatic hydroxyl groups is 1. The van der Waals surface area contributed by atoms with Crippen molar-refractivity contribution in [2.24, 2.45) is 5.41 Å². The number of aromatic nitrogens is 6. The normalized spacial score (nSPS) is 23.0. The highest BCUT2D eigenvalue weighted by Crippen LogP contribution is 2.59. The molecule has 210 valence electrons. The van der Waals surface area contributed by atoms with Gasteiger partial charge in [0.15, 0.2) is 5.78 Å². The summed E-state index contributed by atoms with van der Waals surface area (Å²) in [6.07, 6.45) is 4.40. The number of nitrogens with zero attached hydrogens (tertiary/aromatic N) is 7. The molecule has 12 nitrogen and oxygen atoms in total. The number of amides is 2. The van der Waals surface area contributed by atoms with Gasteiger partial charge in [0.25, 0.3) is 5.91 Å². The number of ketones is 1. The third kappa shape index (κ3) is 4.58. The van der Waals surface area contributed by atoms with Crippen LogP contribution in [0.2, 0.25) is 0 Å². The number of nitrogens with one attached hydrogen (secondary N) is 1. The van der Waals surface area contributed by atoms with Gasteiger partial charge in [0.2, 0.25) is 5.91 Å². The number of anilines is 1. The lowest BCUT2D eigenvalue weighted by molar-refractivity contribution is -0.141.